The Kier molecular flexibility index (Phi) is 3.91. The summed E-state index contributed by atoms with van der Waals surface area (Å²) in [6.45, 7) is 0.622. The second-order valence-corrected chi connectivity index (χ2v) is 4.18. The maximum Gasteiger partial charge on any atom is 0.0307 e. The molecule has 0 saturated carbocycles. The predicted octanol–water partition coefficient (Wildman–Crippen LogP) is 2.70. The molecule has 0 radical (unpaired) electrons. The number of nitrogens with two attached hydrogens (primary N) is 2. The van der Waals surface area contributed by atoms with Crippen molar-refractivity contribution in [2.75, 3.05) is 6.54 Å². The number of benzene rings is 2. The lowest BCUT2D eigenvalue weighted by Crippen LogP contribution is -2.15. The Labute approximate surface area is 102 Å². The third-order valence-corrected chi connectivity index (χ3v) is 2.90. The SMILES string of the molecule is NCC[C@H](N)c1cccc(-c2ccccc2)c1. The van der Waals surface area contributed by atoms with Crippen molar-refractivity contribution in [1.82, 2.24) is 0 Å². The quantitative estimate of drug-likeness (QED) is 0.842. The fraction of sp³-hybridized carbons (Fsp3) is 0.200. The summed E-state index contributed by atoms with van der Waals surface area (Å²) in [6, 6.07) is 18.7. The smallest absolute Gasteiger partial charge is 0.0307 e. The minimum absolute atomic E-state index is 0.0312. The molecule has 0 aliphatic heterocycles. The average Bonchev–Trinajstić information content (AvgIpc) is 2.40. The van der Waals surface area contributed by atoms with Crippen LogP contribution < -0.4 is 11.5 Å². The Balaban J connectivity index is 2.29. The Morgan fingerprint density at radius 1 is 0.882 bits per heavy atom. The van der Waals surface area contributed by atoms with Gasteiger partial charge < -0.3 is 11.5 Å². The molecule has 2 aromatic carbocycles. The summed E-state index contributed by atoms with van der Waals surface area (Å²) >= 11 is 0. The first-order valence-electron chi connectivity index (χ1n) is 5.92. The van der Waals surface area contributed by atoms with E-state index in [9.17, 15) is 0 Å². The monoisotopic (exact) mass is 226 g/mol. The highest BCUT2D eigenvalue weighted by Crippen LogP contribution is 2.23. The first kappa shape index (κ1) is 11.8. The summed E-state index contributed by atoms with van der Waals surface area (Å²) in [6.07, 6.45) is 0.818. The van der Waals surface area contributed by atoms with Crippen molar-refractivity contribution >= 4 is 0 Å². The molecule has 0 bridgehead atoms. The third kappa shape index (κ3) is 2.93. The van der Waals surface area contributed by atoms with Crippen LogP contribution in [-0.4, -0.2) is 6.54 Å². The number of hydrogen-bond acceptors (Lipinski definition) is 2. The lowest BCUT2D eigenvalue weighted by atomic mass is 9.98. The summed E-state index contributed by atoms with van der Waals surface area (Å²) in [7, 11) is 0. The minimum atomic E-state index is 0.0312. The van der Waals surface area contributed by atoms with Gasteiger partial charge in [0.05, 0.1) is 0 Å². The topological polar surface area (TPSA) is 52.0 Å². The van der Waals surface area contributed by atoms with Gasteiger partial charge in [0.2, 0.25) is 0 Å². The Bertz CT molecular complexity index is 465. The van der Waals surface area contributed by atoms with Crippen LogP contribution in [0.4, 0.5) is 0 Å². The van der Waals surface area contributed by atoms with Crippen LogP contribution in [-0.2, 0) is 0 Å². The molecule has 2 heteroatoms. The maximum atomic E-state index is 6.07. The van der Waals surface area contributed by atoms with Gasteiger partial charge in [0, 0.05) is 6.04 Å². The molecule has 0 amide bonds. The minimum Gasteiger partial charge on any atom is -0.330 e. The molecule has 1 atom stereocenters. The summed E-state index contributed by atoms with van der Waals surface area (Å²) in [4.78, 5) is 0. The second-order valence-electron chi connectivity index (χ2n) is 4.18. The van der Waals surface area contributed by atoms with Crippen LogP contribution in [0.25, 0.3) is 11.1 Å². The van der Waals surface area contributed by atoms with Crippen molar-refractivity contribution in [3.05, 3.63) is 60.2 Å². The van der Waals surface area contributed by atoms with E-state index >= 15 is 0 Å². The van der Waals surface area contributed by atoms with Gasteiger partial charge in [-0.25, -0.2) is 0 Å². The average molecular weight is 226 g/mol. The highest BCUT2D eigenvalue weighted by molar-refractivity contribution is 5.64. The van der Waals surface area contributed by atoms with Crippen LogP contribution in [0.15, 0.2) is 54.6 Å². The fourth-order valence-corrected chi connectivity index (χ4v) is 1.93. The zero-order valence-electron chi connectivity index (χ0n) is 9.84. The molecule has 0 heterocycles. The van der Waals surface area contributed by atoms with Gasteiger partial charge in [-0.15, -0.1) is 0 Å². The normalized spacial score (nSPS) is 12.4. The van der Waals surface area contributed by atoms with Gasteiger partial charge in [0.1, 0.15) is 0 Å². The molecule has 0 unspecified atom stereocenters. The molecular formula is C15H18N2. The maximum absolute atomic E-state index is 6.07. The van der Waals surface area contributed by atoms with Crippen molar-refractivity contribution in [3.8, 4) is 11.1 Å². The molecule has 2 rings (SSSR count). The molecule has 88 valence electrons. The largest absolute Gasteiger partial charge is 0.330 e. The van der Waals surface area contributed by atoms with Crippen LogP contribution in [0.2, 0.25) is 0 Å². The van der Waals surface area contributed by atoms with Gasteiger partial charge in [-0.1, -0.05) is 48.5 Å². The van der Waals surface area contributed by atoms with E-state index in [0.717, 1.165) is 12.0 Å². The van der Waals surface area contributed by atoms with Gasteiger partial charge in [0.15, 0.2) is 0 Å². The van der Waals surface area contributed by atoms with Crippen LogP contribution in [0.3, 0.4) is 0 Å². The van der Waals surface area contributed by atoms with Crippen LogP contribution in [0, 0.1) is 0 Å². The summed E-state index contributed by atoms with van der Waals surface area (Å²) in [5, 5.41) is 0. The van der Waals surface area contributed by atoms with Crippen molar-refractivity contribution in [1.29, 1.82) is 0 Å². The van der Waals surface area contributed by atoms with Crippen molar-refractivity contribution in [3.63, 3.8) is 0 Å². The molecule has 4 N–H and O–H groups in total. The molecule has 0 spiro atoms. The van der Waals surface area contributed by atoms with E-state index in [0.29, 0.717) is 6.54 Å². The van der Waals surface area contributed by atoms with E-state index < -0.39 is 0 Å². The van der Waals surface area contributed by atoms with Crippen LogP contribution >= 0.6 is 0 Å². The highest BCUT2D eigenvalue weighted by Gasteiger charge is 2.05. The van der Waals surface area contributed by atoms with Gasteiger partial charge >= 0.3 is 0 Å². The third-order valence-electron chi connectivity index (χ3n) is 2.90. The van der Waals surface area contributed by atoms with Crippen molar-refractivity contribution in [2.45, 2.75) is 12.5 Å². The Morgan fingerprint density at radius 3 is 2.29 bits per heavy atom. The van der Waals surface area contributed by atoms with E-state index in [1.807, 2.05) is 24.3 Å². The summed E-state index contributed by atoms with van der Waals surface area (Å²) in [5.41, 5.74) is 15.2. The second kappa shape index (κ2) is 5.62. The molecule has 0 fully saturated rings. The van der Waals surface area contributed by atoms with Crippen molar-refractivity contribution in [2.24, 2.45) is 11.5 Å². The van der Waals surface area contributed by atoms with Gasteiger partial charge in [-0.05, 0) is 35.7 Å². The number of rotatable bonds is 4. The van der Waals surface area contributed by atoms with E-state index in [4.69, 9.17) is 11.5 Å². The van der Waals surface area contributed by atoms with E-state index in [1.54, 1.807) is 0 Å². The molecule has 0 aliphatic carbocycles. The summed E-state index contributed by atoms with van der Waals surface area (Å²) < 4.78 is 0. The molecule has 0 aliphatic rings. The van der Waals surface area contributed by atoms with Crippen LogP contribution in [0.1, 0.15) is 18.0 Å². The molecule has 17 heavy (non-hydrogen) atoms. The molecule has 2 aromatic rings. The van der Waals surface area contributed by atoms with E-state index in [1.165, 1.54) is 11.1 Å². The lowest BCUT2D eigenvalue weighted by Gasteiger charge is -2.12. The zero-order valence-corrected chi connectivity index (χ0v) is 9.84. The lowest BCUT2D eigenvalue weighted by molar-refractivity contribution is 0.661. The first-order chi connectivity index (χ1) is 8.31. The molecule has 2 nitrogen and oxygen atoms in total. The predicted molar refractivity (Wildman–Crippen MR) is 72.5 cm³/mol. The summed E-state index contributed by atoms with van der Waals surface area (Å²) in [5.74, 6) is 0. The number of hydrogen-bond donors (Lipinski definition) is 2. The molecular weight excluding hydrogens is 208 g/mol. The first-order valence-corrected chi connectivity index (χ1v) is 5.92. The zero-order chi connectivity index (χ0) is 12.1. The highest BCUT2D eigenvalue weighted by atomic mass is 14.7. The van der Waals surface area contributed by atoms with Gasteiger partial charge in [0.25, 0.3) is 0 Å². The Morgan fingerprint density at radius 2 is 1.59 bits per heavy atom. The van der Waals surface area contributed by atoms with Gasteiger partial charge in [-0.3, -0.25) is 0 Å². The Hall–Kier alpha value is -1.64. The molecule has 0 saturated heterocycles. The fourth-order valence-electron chi connectivity index (χ4n) is 1.93. The van der Waals surface area contributed by atoms with Crippen molar-refractivity contribution < 1.29 is 0 Å². The molecule has 0 aromatic heterocycles. The van der Waals surface area contributed by atoms with E-state index in [-0.39, 0.29) is 6.04 Å². The van der Waals surface area contributed by atoms with E-state index in [2.05, 4.69) is 30.3 Å². The standard InChI is InChI=1S/C15H18N2/c16-10-9-15(17)14-8-4-7-13(11-14)12-5-2-1-3-6-12/h1-8,11,15H,9-10,16-17H2/t15-/m0/s1. The van der Waals surface area contributed by atoms with Crippen LogP contribution in [0.5, 0.6) is 0 Å². The van der Waals surface area contributed by atoms with Gasteiger partial charge in [-0.2, -0.15) is 0 Å².